The number of hydrogen-bond donors (Lipinski definition) is 1. The zero-order chi connectivity index (χ0) is 13.6. The number of aryl methyl sites for hydroxylation is 2. The Labute approximate surface area is 108 Å². The number of nitrogen functional groups attached to an aromatic ring is 1. The van der Waals surface area contributed by atoms with Crippen LogP contribution in [0.5, 0.6) is 5.75 Å². The van der Waals surface area contributed by atoms with Crippen molar-refractivity contribution in [3.05, 3.63) is 17.2 Å². The predicted molar refractivity (Wildman–Crippen MR) is 73.0 cm³/mol. The van der Waals surface area contributed by atoms with E-state index in [1.54, 1.807) is 11.9 Å². The lowest BCUT2D eigenvalue weighted by atomic mass is 10.00. The van der Waals surface area contributed by atoms with E-state index in [2.05, 4.69) is 0 Å². The number of hydrogen-bond acceptors (Lipinski definition) is 3. The molecular weight excluding hydrogens is 228 g/mol. The molecule has 0 aliphatic carbocycles. The fourth-order valence-electron chi connectivity index (χ4n) is 2.39. The summed E-state index contributed by atoms with van der Waals surface area (Å²) in [4.78, 5) is 13.9. The van der Waals surface area contributed by atoms with E-state index >= 15 is 0 Å². The van der Waals surface area contributed by atoms with Gasteiger partial charge in [0, 0.05) is 7.05 Å². The number of benzene rings is 1. The summed E-state index contributed by atoms with van der Waals surface area (Å²) in [7, 11) is 1.78. The van der Waals surface area contributed by atoms with Crippen LogP contribution in [-0.2, 0) is 4.79 Å². The summed E-state index contributed by atoms with van der Waals surface area (Å²) in [6.07, 6.45) is -0.453. The van der Waals surface area contributed by atoms with Gasteiger partial charge in [-0.25, -0.2) is 0 Å². The van der Waals surface area contributed by atoms with Gasteiger partial charge in [-0.3, -0.25) is 4.79 Å². The first-order valence-corrected chi connectivity index (χ1v) is 6.18. The lowest BCUT2D eigenvalue weighted by Crippen LogP contribution is -2.47. The van der Waals surface area contributed by atoms with Gasteiger partial charge in [-0.15, -0.1) is 0 Å². The SMILES string of the molecule is Cc1cc(C)c2c(c1N)OC(C(C)C)C(=O)N2C. The highest BCUT2D eigenvalue weighted by atomic mass is 16.5. The zero-order valence-corrected chi connectivity index (χ0v) is 11.6. The minimum absolute atomic E-state index is 0.0103. The first-order valence-electron chi connectivity index (χ1n) is 6.18. The summed E-state index contributed by atoms with van der Waals surface area (Å²) in [5.74, 6) is 0.755. The van der Waals surface area contributed by atoms with Gasteiger partial charge < -0.3 is 15.4 Å². The molecule has 18 heavy (non-hydrogen) atoms. The maximum absolute atomic E-state index is 12.2. The summed E-state index contributed by atoms with van der Waals surface area (Å²) in [5, 5.41) is 0. The van der Waals surface area contributed by atoms with E-state index in [0.717, 1.165) is 16.8 Å². The van der Waals surface area contributed by atoms with Crippen molar-refractivity contribution in [3.63, 3.8) is 0 Å². The molecule has 1 amide bonds. The highest BCUT2D eigenvalue weighted by Gasteiger charge is 2.36. The van der Waals surface area contributed by atoms with Crippen molar-refractivity contribution in [1.82, 2.24) is 0 Å². The van der Waals surface area contributed by atoms with Crippen LogP contribution in [0.4, 0.5) is 11.4 Å². The van der Waals surface area contributed by atoms with Crippen molar-refractivity contribution >= 4 is 17.3 Å². The number of fused-ring (bicyclic) bond motifs is 1. The molecule has 4 nitrogen and oxygen atoms in total. The third-order valence-corrected chi connectivity index (χ3v) is 3.45. The minimum atomic E-state index is -0.453. The molecule has 1 aliphatic rings. The maximum Gasteiger partial charge on any atom is 0.268 e. The molecule has 4 heteroatoms. The molecule has 1 aromatic carbocycles. The normalized spacial score (nSPS) is 18.9. The van der Waals surface area contributed by atoms with Crippen molar-refractivity contribution in [2.75, 3.05) is 17.7 Å². The van der Waals surface area contributed by atoms with Gasteiger partial charge in [0.25, 0.3) is 5.91 Å². The van der Waals surface area contributed by atoms with Crippen LogP contribution >= 0.6 is 0 Å². The molecule has 0 aromatic heterocycles. The molecule has 1 heterocycles. The van der Waals surface area contributed by atoms with Gasteiger partial charge >= 0.3 is 0 Å². The van der Waals surface area contributed by atoms with Crippen LogP contribution in [-0.4, -0.2) is 19.1 Å². The molecule has 98 valence electrons. The van der Waals surface area contributed by atoms with Gasteiger partial charge in [0.1, 0.15) is 0 Å². The summed E-state index contributed by atoms with van der Waals surface area (Å²) >= 11 is 0. The van der Waals surface area contributed by atoms with Crippen molar-refractivity contribution < 1.29 is 9.53 Å². The second-order valence-corrected chi connectivity index (χ2v) is 5.28. The van der Waals surface area contributed by atoms with E-state index in [9.17, 15) is 4.79 Å². The number of rotatable bonds is 1. The Bertz CT molecular complexity index is 509. The summed E-state index contributed by atoms with van der Waals surface area (Å²) in [5.41, 5.74) is 9.49. The van der Waals surface area contributed by atoms with Gasteiger partial charge in [0.15, 0.2) is 11.9 Å². The molecule has 1 aromatic rings. The lowest BCUT2D eigenvalue weighted by Gasteiger charge is -2.35. The van der Waals surface area contributed by atoms with Crippen LogP contribution in [0.3, 0.4) is 0 Å². The van der Waals surface area contributed by atoms with Gasteiger partial charge in [-0.05, 0) is 30.9 Å². The average molecular weight is 248 g/mol. The summed E-state index contributed by atoms with van der Waals surface area (Å²) in [6.45, 7) is 7.86. The highest BCUT2D eigenvalue weighted by Crippen LogP contribution is 2.43. The molecule has 1 aliphatic heterocycles. The number of anilines is 2. The van der Waals surface area contributed by atoms with Crippen LogP contribution < -0.4 is 15.4 Å². The quantitative estimate of drug-likeness (QED) is 0.776. The Balaban J connectivity index is 2.62. The second-order valence-electron chi connectivity index (χ2n) is 5.28. The Hall–Kier alpha value is -1.71. The lowest BCUT2D eigenvalue weighted by molar-refractivity contribution is -0.127. The maximum atomic E-state index is 12.2. The van der Waals surface area contributed by atoms with E-state index < -0.39 is 6.10 Å². The van der Waals surface area contributed by atoms with Gasteiger partial charge in [-0.2, -0.15) is 0 Å². The van der Waals surface area contributed by atoms with E-state index in [1.165, 1.54) is 0 Å². The standard InChI is InChI=1S/C14H20N2O2/c1-7(2)12-14(17)16(5)11-9(4)6-8(3)10(15)13(11)18-12/h6-7,12H,15H2,1-5H3. The van der Waals surface area contributed by atoms with E-state index in [4.69, 9.17) is 10.5 Å². The Morgan fingerprint density at radius 1 is 1.33 bits per heavy atom. The number of nitrogens with two attached hydrogens (primary N) is 1. The molecule has 2 rings (SSSR count). The largest absolute Gasteiger partial charge is 0.476 e. The molecular formula is C14H20N2O2. The van der Waals surface area contributed by atoms with E-state index in [0.29, 0.717) is 11.4 Å². The molecule has 0 radical (unpaired) electrons. The number of likely N-dealkylation sites (N-methyl/N-ethyl adjacent to an activating group) is 1. The monoisotopic (exact) mass is 248 g/mol. The van der Waals surface area contributed by atoms with Crippen molar-refractivity contribution in [3.8, 4) is 5.75 Å². The summed E-state index contributed by atoms with van der Waals surface area (Å²) < 4.78 is 5.85. The highest BCUT2D eigenvalue weighted by molar-refractivity contribution is 6.02. The van der Waals surface area contributed by atoms with Crippen LogP contribution in [0, 0.1) is 19.8 Å². The molecule has 0 saturated carbocycles. The molecule has 0 saturated heterocycles. The van der Waals surface area contributed by atoms with Crippen molar-refractivity contribution in [1.29, 1.82) is 0 Å². The fraction of sp³-hybridized carbons (Fsp3) is 0.500. The molecule has 1 unspecified atom stereocenters. The first-order chi connectivity index (χ1) is 8.34. The van der Waals surface area contributed by atoms with Crippen LogP contribution in [0.25, 0.3) is 0 Å². The van der Waals surface area contributed by atoms with Gasteiger partial charge in [-0.1, -0.05) is 19.9 Å². The smallest absolute Gasteiger partial charge is 0.268 e. The van der Waals surface area contributed by atoms with Crippen LogP contribution in [0.1, 0.15) is 25.0 Å². The number of amides is 1. The number of nitrogens with zero attached hydrogens (tertiary/aromatic N) is 1. The predicted octanol–water partition coefficient (Wildman–Crippen LogP) is 2.27. The van der Waals surface area contributed by atoms with Crippen molar-refractivity contribution in [2.45, 2.75) is 33.8 Å². The molecule has 1 atom stereocenters. The van der Waals surface area contributed by atoms with Gasteiger partial charge in [0.2, 0.25) is 0 Å². The third kappa shape index (κ3) is 1.72. The van der Waals surface area contributed by atoms with E-state index in [1.807, 2.05) is 33.8 Å². The van der Waals surface area contributed by atoms with Crippen molar-refractivity contribution in [2.24, 2.45) is 5.92 Å². The molecule has 2 N–H and O–H groups in total. The topological polar surface area (TPSA) is 55.6 Å². The number of carbonyl (C=O) groups is 1. The molecule has 0 spiro atoms. The Kier molecular flexibility index (Phi) is 2.97. The fourth-order valence-corrected chi connectivity index (χ4v) is 2.39. The minimum Gasteiger partial charge on any atom is -0.476 e. The third-order valence-electron chi connectivity index (χ3n) is 3.45. The molecule has 0 bridgehead atoms. The molecule has 0 fully saturated rings. The second kappa shape index (κ2) is 4.19. The zero-order valence-electron chi connectivity index (χ0n) is 11.6. The number of ether oxygens (including phenoxy) is 1. The average Bonchev–Trinajstić information content (AvgIpc) is 2.29. The number of carbonyl (C=O) groups excluding carboxylic acids is 1. The first kappa shape index (κ1) is 12.7. The van der Waals surface area contributed by atoms with Crippen LogP contribution in [0.2, 0.25) is 0 Å². The van der Waals surface area contributed by atoms with Gasteiger partial charge in [0.05, 0.1) is 11.4 Å². The summed E-state index contributed by atoms with van der Waals surface area (Å²) in [6, 6.07) is 1.98. The van der Waals surface area contributed by atoms with Crippen LogP contribution in [0.15, 0.2) is 6.07 Å². The van der Waals surface area contributed by atoms with E-state index in [-0.39, 0.29) is 11.8 Å². The Morgan fingerprint density at radius 2 is 1.94 bits per heavy atom. The Morgan fingerprint density at radius 3 is 2.50 bits per heavy atom.